The zero-order valence-corrected chi connectivity index (χ0v) is 13.9. The fourth-order valence-corrected chi connectivity index (χ4v) is 2.81. The van der Waals surface area contributed by atoms with Crippen LogP contribution in [-0.4, -0.2) is 25.2 Å². The summed E-state index contributed by atoms with van der Waals surface area (Å²) in [6, 6.07) is 17.7. The van der Waals surface area contributed by atoms with Crippen LogP contribution >= 0.6 is 11.3 Å². The number of hydrogen-bond donors (Lipinski definition) is 1. The standard InChI is InChI=1S/C17H14N6OS/c1-2-6-14(7-3-1)23-17(20-21-22-23)24-15-8-4-5-13(11-15)12-19-16-18-9-10-25-16/h1-11H,12H2,(H,18,19). The molecule has 0 amide bonds. The maximum atomic E-state index is 5.87. The molecule has 2 heterocycles. The predicted molar refractivity (Wildman–Crippen MR) is 95.1 cm³/mol. The first-order valence-electron chi connectivity index (χ1n) is 7.62. The molecule has 0 atom stereocenters. The molecule has 0 saturated carbocycles. The van der Waals surface area contributed by atoms with E-state index < -0.39 is 0 Å². The van der Waals surface area contributed by atoms with Crippen LogP contribution < -0.4 is 10.1 Å². The van der Waals surface area contributed by atoms with Gasteiger partial charge >= 0.3 is 6.01 Å². The summed E-state index contributed by atoms with van der Waals surface area (Å²) in [5, 5.41) is 17.7. The summed E-state index contributed by atoms with van der Waals surface area (Å²) in [5.41, 5.74) is 1.91. The Hall–Kier alpha value is -3.26. The zero-order chi connectivity index (χ0) is 16.9. The predicted octanol–water partition coefficient (Wildman–Crippen LogP) is 3.52. The second-order valence-corrected chi connectivity index (χ2v) is 6.04. The molecule has 0 fully saturated rings. The van der Waals surface area contributed by atoms with E-state index in [0.29, 0.717) is 18.3 Å². The van der Waals surface area contributed by atoms with Gasteiger partial charge in [0.05, 0.1) is 5.69 Å². The number of thiazole rings is 1. The third kappa shape index (κ3) is 3.64. The molecular formula is C17H14N6OS. The minimum Gasteiger partial charge on any atom is -0.423 e. The van der Waals surface area contributed by atoms with Crippen LogP contribution in [-0.2, 0) is 6.54 Å². The van der Waals surface area contributed by atoms with Crippen molar-refractivity contribution in [1.29, 1.82) is 0 Å². The normalized spacial score (nSPS) is 10.6. The van der Waals surface area contributed by atoms with E-state index in [1.165, 1.54) is 0 Å². The first kappa shape index (κ1) is 15.3. The SMILES string of the molecule is c1ccc(-n2nnnc2Oc2cccc(CNc3nccs3)c2)cc1. The lowest BCUT2D eigenvalue weighted by atomic mass is 10.2. The second kappa shape index (κ2) is 7.10. The number of tetrazole rings is 1. The highest BCUT2D eigenvalue weighted by Gasteiger charge is 2.10. The summed E-state index contributed by atoms with van der Waals surface area (Å²) < 4.78 is 7.42. The highest BCUT2D eigenvalue weighted by molar-refractivity contribution is 7.13. The highest BCUT2D eigenvalue weighted by atomic mass is 32.1. The number of rotatable bonds is 6. The molecule has 4 rings (SSSR count). The Morgan fingerprint density at radius 2 is 2.00 bits per heavy atom. The minimum absolute atomic E-state index is 0.316. The summed E-state index contributed by atoms with van der Waals surface area (Å²) in [6.07, 6.45) is 1.77. The van der Waals surface area contributed by atoms with Crippen molar-refractivity contribution in [2.75, 3.05) is 5.32 Å². The van der Waals surface area contributed by atoms with Gasteiger partial charge in [0.15, 0.2) is 5.13 Å². The van der Waals surface area contributed by atoms with E-state index in [1.54, 1.807) is 22.2 Å². The molecule has 0 saturated heterocycles. The van der Waals surface area contributed by atoms with Gasteiger partial charge in [0.2, 0.25) is 0 Å². The van der Waals surface area contributed by atoms with Crippen LogP contribution in [0.15, 0.2) is 66.2 Å². The van der Waals surface area contributed by atoms with Crippen LogP contribution in [0.2, 0.25) is 0 Å². The van der Waals surface area contributed by atoms with Gasteiger partial charge < -0.3 is 10.1 Å². The molecule has 0 aliphatic heterocycles. The van der Waals surface area contributed by atoms with E-state index in [-0.39, 0.29) is 0 Å². The molecule has 0 spiro atoms. The molecule has 2 aromatic heterocycles. The Labute approximate surface area is 147 Å². The molecule has 25 heavy (non-hydrogen) atoms. The van der Waals surface area contributed by atoms with Crippen molar-refractivity contribution < 1.29 is 4.74 Å². The summed E-state index contributed by atoms with van der Waals surface area (Å²) in [4.78, 5) is 4.21. The molecule has 0 radical (unpaired) electrons. The molecule has 0 unspecified atom stereocenters. The topological polar surface area (TPSA) is 77.8 Å². The van der Waals surface area contributed by atoms with E-state index in [2.05, 4.69) is 25.8 Å². The molecule has 4 aromatic rings. The van der Waals surface area contributed by atoms with Crippen molar-refractivity contribution >= 4 is 16.5 Å². The Bertz CT molecular complexity index is 939. The fourth-order valence-electron chi connectivity index (χ4n) is 2.29. The van der Waals surface area contributed by atoms with Gasteiger partial charge in [0, 0.05) is 18.1 Å². The third-order valence-corrected chi connectivity index (χ3v) is 4.16. The largest absolute Gasteiger partial charge is 0.423 e. The fraction of sp³-hybridized carbons (Fsp3) is 0.0588. The van der Waals surface area contributed by atoms with Crippen molar-refractivity contribution in [3.63, 3.8) is 0 Å². The Balaban J connectivity index is 1.50. The lowest BCUT2D eigenvalue weighted by Crippen LogP contribution is -2.01. The molecule has 124 valence electrons. The van der Waals surface area contributed by atoms with Crippen molar-refractivity contribution in [3.05, 3.63) is 71.7 Å². The van der Waals surface area contributed by atoms with Crippen molar-refractivity contribution in [2.24, 2.45) is 0 Å². The molecule has 0 aliphatic carbocycles. The highest BCUT2D eigenvalue weighted by Crippen LogP contribution is 2.22. The summed E-state index contributed by atoms with van der Waals surface area (Å²) >= 11 is 1.57. The van der Waals surface area contributed by atoms with Gasteiger partial charge in [0.25, 0.3) is 0 Å². The first-order valence-corrected chi connectivity index (χ1v) is 8.50. The number of ether oxygens (including phenoxy) is 1. The number of hydrogen-bond acceptors (Lipinski definition) is 7. The van der Waals surface area contributed by atoms with E-state index in [9.17, 15) is 0 Å². The van der Waals surface area contributed by atoms with Crippen molar-refractivity contribution in [1.82, 2.24) is 25.2 Å². The number of anilines is 1. The lowest BCUT2D eigenvalue weighted by Gasteiger charge is -2.08. The molecule has 8 heteroatoms. The van der Waals surface area contributed by atoms with Gasteiger partial charge in [-0.25, -0.2) is 4.98 Å². The van der Waals surface area contributed by atoms with E-state index in [0.717, 1.165) is 16.4 Å². The lowest BCUT2D eigenvalue weighted by molar-refractivity contribution is 0.427. The zero-order valence-electron chi connectivity index (χ0n) is 13.1. The van der Waals surface area contributed by atoms with Gasteiger partial charge in [-0.1, -0.05) is 35.4 Å². The smallest absolute Gasteiger partial charge is 0.345 e. The van der Waals surface area contributed by atoms with Gasteiger partial charge in [-0.15, -0.1) is 11.3 Å². The minimum atomic E-state index is 0.316. The van der Waals surface area contributed by atoms with Gasteiger partial charge in [-0.05, 0) is 40.3 Å². The number of nitrogens with zero attached hydrogens (tertiary/aromatic N) is 5. The van der Waals surface area contributed by atoms with Crippen LogP contribution in [0.5, 0.6) is 11.8 Å². The Kier molecular flexibility index (Phi) is 4.34. The molecule has 2 aromatic carbocycles. The van der Waals surface area contributed by atoms with Crippen molar-refractivity contribution in [2.45, 2.75) is 6.54 Å². The Morgan fingerprint density at radius 3 is 2.84 bits per heavy atom. The van der Waals surface area contributed by atoms with E-state index in [4.69, 9.17) is 4.74 Å². The van der Waals surface area contributed by atoms with Crippen LogP contribution in [0.3, 0.4) is 0 Å². The third-order valence-electron chi connectivity index (χ3n) is 3.43. The molecule has 7 nitrogen and oxygen atoms in total. The average Bonchev–Trinajstić information content (AvgIpc) is 3.33. The van der Waals surface area contributed by atoms with Crippen molar-refractivity contribution in [3.8, 4) is 17.4 Å². The summed E-state index contributed by atoms with van der Waals surface area (Å²) in [5.74, 6) is 0.672. The van der Waals surface area contributed by atoms with E-state index >= 15 is 0 Å². The second-order valence-electron chi connectivity index (χ2n) is 5.15. The monoisotopic (exact) mass is 350 g/mol. The average molecular weight is 350 g/mol. The summed E-state index contributed by atoms with van der Waals surface area (Å²) in [6.45, 7) is 0.661. The molecule has 1 N–H and O–H groups in total. The van der Waals surface area contributed by atoms with Crippen LogP contribution in [0.25, 0.3) is 5.69 Å². The maximum Gasteiger partial charge on any atom is 0.345 e. The number of benzene rings is 2. The molecule has 0 bridgehead atoms. The quantitative estimate of drug-likeness (QED) is 0.573. The maximum absolute atomic E-state index is 5.87. The van der Waals surface area contributed by atoms with E-state index in [1.807, 2.05) is 60.0 Å². The Morgan fingerprint density at radius 1 is 1.08 bits per heavy atom. The van der Waals surface area contributed by atoms with Gasteiger partial charge in [-0.3, -0.25) is 0 Å². The molecular weight excluding hydrogens is 336 g/mol. The summed E-state index contributed by atoms with van der Waals surface area (Å²) in [7, 11) is 0. The van der Waals surface area contributed by atoms with Crippen LogP contribution in [0.4, 0.5) is 5.13 Å². The first-order chi connectivity index (χ1) is 12.4. The van der Waals surface area contributed by atoms with Crippen LogP contribution in [0, 0.1) is 0 Å². The number of nitrogens with one attached hydrogen (secondary N) is 1. The number of para-hydroxylation sites is 1. The molecule has 0 aliphatic rings. The van der Waals surface area contributed by atoms with Gasteiger partial charge in [0.1, 0.15) is 5.75 Å². The van der Waals surface area contributed by atoms with Crippen LogP contribution in [0.1, 0.15) is 5.56 Å². The van der Waals surface area contributed by atoms with Gasteiger partial charge in [-0.2, -0.15) is 4.68 Å². The number of aromatic nitrogens is 5.